The van der Waals surface area contributed by atoms with Gasteiger partial charge in [0.25, 0.3) is 0 Å². The summed E-state index contributed by atoms with van der Waals surface area (Å²) in [6, 6.07) is 4.58. The van der Waals surface area contributed by atoms with Crippen LogP contribution in [0.2, 0.25) is 0 Å². The molecule has 4 heterocycles. The minimum atomic E-state index is -0.173. The monoisotopic (exact) mass is 329 g/mol. The number of hydrogen-bond donors (Lipinski definition) is 0. The SMILES string of the molecule is Cc1cc(N2CC[C@@]3(CCCN(C4CCOCC4)C3=O)C2)ccn1. The second-order valence-corrected chi connectivity index (χ2v) is 7.55. The largest absolute Gasteiger partial charge is 0.381 e. The zero-order valence-electron chi connectivity index (χ0n) is 14.5. The fourth-order valence-electron chi connectivity index (χ4n) is 4.64. The molecule has 1 aromatic rings. The van der Waals surface area contributed by atoms with Crippen molar-refractivity contribution in [2.45, 2.75) is 45.1 Å². The summed E-state index contributed by atoms with van der Waals surface area (Å²) in [4.78, 5) is 22.2. The number of carbonyl (C=O) groups excluding carboxylic acids is 1. The topological polar surface area (TPSA) is 45.7 Å². The Morgan fingerprint density at radius 3 is 2.88 bits per heavy atom. The third kappa shape index (κ3) is 2.79. The highest BCUT2D eigenvalue weighted by atomic mass is 16.5. The number of ether oxygens (including phenoxy) is 1. The Bertz CT molecular complexity index is 614. The van der Waals surface area contributed by atoms with E-state index in [1.807, 2.05) is 13.1 Å². The van der Waals surface area contributed by atoms with Crippen LogP contribution in [0.4, 0.5) is 5.69 Å². The molecule has 0 saturated carbocycles. The van der Waals surface area contributed by atoms with E-state index in [0.29, 0.717) is 11.9 Å². The Balaban J connectivity index is 1.51. The van der Waals surface area contributed by atoms with Crippen LogP contribution in [0.15, 0.2) is 18.3 Å². The van der Waals surface area contributed by atoms with E-state index >= 15 is 0 Å². The van der Waals surface area contributed by atoms with Gasteiger partial charge in [-0.25, -0.2) is 0 Å². The second-order valence-electron chi connectivity index (χ2n) is 7.55. The summed E-state index contributed by atoms with van der Waals surface area (Å²) in [7, 11) is 0. The van der Waals surface area contributed by atoms with E-state index in [1.165, 1.54) is 5.69 Å². The summed E-state index contributed by atoms with van der Waals surface area (Å²) in [5.74, 6) is 0.397. The molecule has 0 aromatic carbocycles. The maximum atomic E-state index is 13.3. The lowest BCUT2D eigenvalue weighted by atomic mass is 9.77. The first kappa shape index (κ1) is 15.9. The van der Waals surface area contributed by atoms with Gasteiger partial charge in [-0.15, -0.1) is 0 Å². The zero-order chi connectivity index (χ0) is 16.6. The Morgan fingerprint density at radius 2 is 2.08 bits per heavy atom. The summed E-state index contributed by atoms with van der Waals surface area (Å²) >= 11 is 0. The number of piperidine rings is 1. The van der Waals surface area contributed by atoms with Gasteiger partial charge in [-0.3, -0.25) is 9.78 Å². The van der Waals surface area contributed by atoms with Crippen molar-refractivity contribution in [1.82, 2.24) is 9.88 Å². The van der Waals surface area contributed by atoms with Gasteiger partial charge in [-0.1, -0.05) is 0 Å². The van der Waals surface area contributed by atoms with E-state index in [4.69, 9.17) is 4.74 Å². The predicted octanol–water partition coefficient (Wildman–Crippen LogP) is 2.39. The molecule has 0 unspecified atom stereocenters. The molecule has 0 bridgehead atoms. The molecule has 5 nitrogen and oxygen atoms in total. The molecule has 5 heteroatoms. The average Bonchev–Trinajstić information content (AvgIpc) is 3.03. The molecule has 0 radical (unpaired) electrons. The van der Waals surface area contributed by atoms with E-state index < -0.39 is 0 Å². The standard InChI is InChI=1S/C19H27N3O2/c1-15-13-17(3-8-20-15)21-10-7-19(14-21)6-2-9-22(18(19)23)16-4-11-24-12-5-16/h3,8,13,16H,2,4-7,9-12,14H2,1H3/t19-/m0/s1. The highest BCUT2D eigenvalue weighted by Crippen LogP contribution is 2.42. The van der Waals surface area contributed by atoms with Crippen LogP contribution in [0.25, 0.3) is 0 Å². The number of carbonyl (C=O) groups is 1. The molecule has 24 heavy (non-hydrogen) atoms. The van der Waals surface area contributed by atoms with Crippen molar-refractivity contribution in [1.29, 1.82) is 0 Å². The number of hydrogen-bond acceptors (Lipinski definition) is 4. The lowest BCUT2D eigenvalue weighted by molar-refractivity contribution is -0.149. The smallest absolute Gasteiger partial charge is 0.230 e. The van der Waals surface area contributed by atoms with Crippen molar-refractivity contribution in [3.05, 3.63) is 24.0 Å². The number of nitrogens with zero attached hydrogens (tertiary/aromatic N) is 3. The minimum Gasteiger partial charge on any atom is -0.381 e. The number of rotatable bonds is 2. The Kier molecular flexibility index (Phi) is 4.21. The molecule has 130 valence electrons. The maximum absolute atomic E-state index is 13.3. The minimum absolute atomic E-state index is 0.173. The van der Waals surface area contributed by atoms with Crippen LogP contribution in [0, 0.1) is 12.3 Å². The van der Waals surface area contributed by atoms with Crippen molar-refractivity contribution in [3.8, 4) is 0 Å². The molecule has 1 atom stereocenters. The molecule has 0 N–H and O–H groups in total. The number of anilines is 1. The van der Waals surface area contributed by atoms with Gasteiger partial charge in [0.2, 0.25) is 5.91 Å². The van der Waals surface area contributed by atoms with Crippen LogP contribution in [-0.2, 0) is 9.53 Å². The number of amides is 1. The highest BCUT2D eigenvalue weighted by molar-refractivity contribution is 5.85. The quantitative estimate of drug-likeness (QED) is 0.836. The van der Waals surface area contributed by atoms with Crippen LogP contribution in [0.5, 0.6) is 0 Å². The molecule has 1 spiro atoms. The molecular weight excluding hydrogens is 302 g/mol. The second kappa shape index (κ2) is 6.36. The fraction of sp³-hybridized carbons (Fsp3) is 0.684. The van der Waals surface area contributed by atoms with Crippen molar-refractivity contribution in [2.75, 3.05) is 37.7 Å². The lowest BCUT2D eigenvalue weighted by Gasteiger charge is -2.44. The van der Waals surface area contributed by atoms with Crippen molar-refractivity contribution in [2.24, 2.45) is 5.41 Å². The first-order valence-electron chi connectivity index (χ1n) is 9.24. The molecule has 4 rings (SSSR count). The van der Waals surface area contributed by atoms with Crippen molar-refractivity contribution < 1.29 is 9.53 Å². The Labute approximate surface area is 144 Å². The molecule has 1 aromatic heterocycles. The molecule has 3 aliphatic rings. The van der Waals surface area contributed by atoms with E-state index in [9.17, 15) is 4.79 Å². The van der Waals surface area contributed by atoms with Gasteiger partial charge in [0, 0.05) is 56.5 Å². The van der Waals surface area contributed by atoms with Gasteiger partial charge >= 0.3 is 0 Å². The van der Waals surface area contributed by atoms with Gasteiger partial charge in [0.15, 0.2) is 0 Å². The highest BCUT2D eigenvalue weighted by Gasteiger charge is 2.49. The Hall–Kier alpha value is -1.62. The van der Waals surface area contributed by atoms with Crippen LogP contribution < -0.4 is 4.90 Å². The van der Waals surface area contributed by atoms with Crippen molar-refractivity contribution >= 4 is 11.6 Å². The van der Waals surface area contributed by atoms with Crippen LogP contribution in [0.1, 0.15) is 37.8 Å². The molecule has 3 fully saturated rings. The zero-order valence-corrected chi connectivity index (χ0v) is 14.5. The maximum Gasteiger partial charge on any atom is 0.230 e. The molecule has 1 amide bonds. The van der Waals surface area contributed by atoms with Gasteiger partial charge in [-0.2, -0.15) is 0 Å². The first-order chi connectivity index (χ1) is 11.7. The van der Waals surface area contributed by atoms with Crippen LogP contribution in [0.3, 0.4) is 0 Å². The number of aryl methyl sites for hydroxylation is 1. The average molecular weight is 329 g/mol. The molecule has 3 saturated heterocycles. The first-order valence-corrected chi connectivity index (χ1v) is 9.24. The van der Waals surface area contributed by atoms with E-state index in [2.05, 4.69) is 26.9 Å². The predicted molar refractivity (Wildman–Crippen MR) is 93.0 cm³/mol. The van der Waals surface area contributed by atoms with Crippen LogP contribution in [-0.4, -0.2) is 54.7 Å². The number of aromatic nitrogens is 1. The van der Waals surface area contributed by atoms with E-state index in [1.54, 1.807) is 0 Å². The van der Waals surface area contributed by atoms with Gasteiger partial charge < -0.3 is 14.5 Å². The van der Waals surface area contributed by atoms with Gasteiger partial charge in [0.1, 0.15) is 0 Å². The normalized spacial score (nSPS) is 28.8. The summed E-state index contributed by atoms with van der Waals surface area (Å²) in [6.07, 6.45) is 7.00. The molecule has 0 aliphatic carbocycles. The van der Waals surface area contributed by atoms with E-state index in [0.717, 1.165) is 70.6 Å². The Morgan fingerprint density at radius 1 is 1.25 bits per heavy atom. The van der Waals surface area contributed by atoms with Gasteiger partial charge in [0.05, 0.1) is 5.41 Å². The number of pyridine rings is 1. The van der Waals surface area contributed by atoms with Crippen LogP contribution >= 0.6 is 0 Å². The fourth-order valence-corrected chi connectivity index (χ4v) is 4.64. The summed E-state index contributed by atoms with van der Waals surface area (Å²) in [5.41, 5.74) is 2.07. The van der Waals surface area contributed by atoms with Crippen molar-refractivity contribution in [3.63, 3.8) is 0 Å². The van der Waals surface area contributed by atoms with Gasteiger partial charge in [-0.05, 0) is 51.2 Å². The third-order valence-electron chi connectivity index (χ3n) is 6.00. The molecule has 3 aliphatic heterocycles. The summed E-state index contributed by atoms with van der Waals surface area (Å²) < 4.78 is 5.48. The van der Waals surface area contributed by atoms with E-state index in [-0.39, 0.29) is 5.41 Å². The third-order valence-corrected chi connectivity index (χ3v) is 6.00. The number of likely N-dealkylation sites (tertiary alicyclic amines) is 1. The molecular formula is C19H27N3O2. The lowest BCUT2D eigenvalue weighted by Crippen LogP contribution is -2.54. The summed E-state index contributed by atoms with van der Waals surface area (Å²) in [6.45, 7) is 6.37. The summed E-state index contributed by atoms with van der Waals surface area (Å²) in [5, 5.41) is 0.